The van der Waals surface area contributed by atoms with Gasteiger partial charge in [0.05, 0.1) is 22.0 Å². The first-order valence-corrected chi connectivity index (χ1v) is 13.6. The second-order valence-electron chi connectivity index (χ2n) is 8.16. The smallest absolute Gasteiger partial charge is 0.240 e. The number of aliphatic hydroxyl groups is 1. The summed E-state index contributed by atoms with van der Waals surface area (Å²) in [5, 5.41) is 15.6. The number of rotatable bonds is 12. The Hall–Kier alpha value is -2.28. The molecule has 10 nitrogen and oxygen atoms in total. The normalized spacial score (nSPS) is 14.9. The van der Waals surface area contributed by atoms with E-state index >= 15 is 0 Å². The van der Waals surface area contributed by atoms with Crippen LogP contribution in [-0.2, 0) is 14.8 Å². The van der Waals surface area contributed by atoms with Crippen molar-refractivity contribution in [2.75, 3.05) is 36.9 Å². The van der Waals surface area contributed by atoms with Gasteiger partial charge < -0.3 is 20.6 Å². The third-order valence-electron chi connectivity index (χ3n) is 5.60. The largest absolute Gasteiger partial charge is 0.394 e. The zero-order chi connectivity index (χ0) is 24.7. The molecule has 12 heteroatoms. The van der Waals surface area contributed by atoms with Gasteiger partial charge in [-0.3, -0.25) is 4.79 Å². The third kappa shape index (κ3) is 6.87. The number of hydrogen-bond acceptors (Lipinski definition) is 8. The number of carbonyl (C=O) groups is 1. The molecule has 1 aliphatic heterocycles. The lowest BCUT2D eigenvalue weighted by Gasteiger charge is -2.17. The van der Waals surface area contributed by atoms with Crippen LogP contribution in [0.4, 0.5) is 17.5 Å². The number of anilines is 3. The molecule has 2 heterocycles. The first-order valence-electron chi connectivity index (χ1n) is 11.3. The molecule has 0 aliphatic carbocycles. The molecule has 1 aromatic heterocycles. The summed E-state index contributed by atoms with van der Waals surface area (Å²) < 4.78 is 29.1. The number of sulfonamides is 1. The van der Waals surface area contributed by atoms with Crippen LogP contribution in [0, 0.1) is 6.92 Å². The highest BCUT2D eigenvalue weighted by Crippen LogP contribution is 2.25. The van der Waals surface area contributed by atoms with Crippen molar-refractivity contribution in [3.05, 3.63) is 34.4 Å². The third-order valence-corrected chi connectivity index (χ3v) is 7.78. The van der Waals surface area contributed by atoms with Crippen LogP contribution < -0.4 is 15.4 Å². The molecule has 1 saturated heterocycles. The molecule has 0 radical (unpaired) electrons. The van der Waals surface area contributed by atoms with E-state index in [4.69, 9.17) is 0 Å². The van der Waals surface area contributed by atoms with Crippen molar-refractivity contribution >= 4 is 49.3 Å². The molecule has 4 N–H and O–H groups in total. The number of nitrogens with zero attached hydrogens (tertiary/aromatic N) is 3. The summed E-state index contributed by atoms with van der Waals surface area (Å²) in [7, 11) is -3.73. The zero-order valence-corrected chi connectivity index (χ0v) is 21.7. The van der Waals surface area contributed by atoms with Crippen LogP contribution in [-0.4, -0.2) is 66.6 Å². The predicted octanol–water partition coefficient (Wildman–Crippen LogP) is 2.76. The van der Waals surface area contributed by atoms with E-state index in [2.05, 4.69) is 41.3 Å². The van der Waals surface area contributed by atoms with Crippen LogP contribution in [0.2, 0.25) is 0 Å². The van der Waals surface area contributed by atoms with Gasteiger partial charge in [-0.15, -0.1) is 0 Å². The Balaban J connectivity index is 1.67. The van der Waals surface area contributed by atoms with E-state index < -0.39 is 10.0 Å². The highest BCUT2D eigenvalue weighted by molar-refractivity contribution is 9.10. The minimum Gasteiger partial charge on any atom is -0.394 e. The average Bonchev–Trinajstić information content (AvgIpc) is 3.22. The molecule has 1 aliphatic rings. The molecule has 1 fully saturated rings. The quantitative estimate of drug-likeness (QED) is 0.294. The molecule has 0 saturated carbocycles. The number of benzene rings is 1. The van der Waals surface area contributed by atoms with Crippen LogP contribution in [0.25, 0.3) is 0 Å². The second kappa shape index (κ2) is 11.9. The number of amides is 1. The average molecular weight is 555 g/mol. The fourth-order valence-corrected chi connectivity index (χ4v) is 5.24. The van der Waals surface area contributed by atoms with Gasteiger partial charge in [-0.1, -0.05) is 13.0 Å². The number of aryl methyl sites for hydroxylation is 1. The fourth-order valence-electron chi connectivity index (χ4n) is 3.59. The van der Waals surface area contributed by atoms with Crippen molar-refractivity contribution < 1.29 is 18.3 Å². The second-order valence-corrected chi connectivity index (χ2v) is 10.8. The summed E-state index contributed by atoms with van der Waals surface area (Å²) in [6, 6.07) is 4.87. The van der Waals surface area contributed by atoms with Crippen molar-refractivity contribution in [3.63, 3.8) is 0 Å². The van der Waals surface area contributed by atoms with Crippen LogP contribution in [0.15, 0.2) is 33.8 Å². The highest BCUT2D eigenvalue weighted by Gasteiger charge is 2.21. The van der Waals surface area contributed by atoms with Gasteiger partial charge in [0.15, 0.2) is 0 Å². The van der Waals surface area contributed by atoms with E-state index in [1.54, 1.807) is 36.2 Å². The molecule has 3 rings (SSSR count). The van der Waals surface area contributed by atoms with Crippen molar-refractivity contribution in [2.45, 2.75) is 50.5 Å². The number of halogens is 1. The number of likely N-dealkylation sites (tertiary alicyclic amines) is 1. The predicted molar refractivity (Wildman–Crippen MR) is 135 cm³/mol. The molecule has 1 amide bonds. The Morgan fingerprint density at radius 1 is 1.32 bits per heavy atom. The standard InChI is InChI=1S/C22H31BrN6O4S/c1-3-16(14-30)26-21-18(23)13-24-22(28-21)27-17-8-7-15(2)19(12-17)34(32,33)25-9-5-11-29-10-4-6-20(29)31/h7-8,12-13,16,25,30H,3-6,9-11,14H2,1-2H3,(H2,24,26,27,28)/t16-/m1/s1. The molecule has 0 bridgehead atoms. The molecular formula is C22H31BrN6O4S. The van der Waals surface area contributed by atoms with Crippen molar-refractivity contribution in [1.29, 1.82) is 0 Å². The van der Waals surface area contributed by atoms with Gasteiger partial charge in [-0.25, -0.2) is 18.1 Å². The van der Waals surface area contributed by atoms with Crippen LogP contribution in [0.1, 0.15) is 38.2 Å². The summed E-state index contributed by atoms with van der Waals surface area (Å²) in [6.07, 6.45) is 4.29. The lowest BCUT2D eigenvalue weighted by Crippen LogP contribution is -2.31. The maximum Gasteiger partial charge on any atom is 0.240 e. The number of hydrogen-bond donors (Lipinski definition) is 4. The first kappa shape index (κ1) is 26.3. The maximum atomic E-state index is 12.9. The van der Waals surface area contributed by atoms with Gasteiger partial charge in [-0.05, 0) is 59.8 Å². The monoisotopic (exact) mass is 554 g/mol. The van der Waals surface area contributed by atoms with Crippen LogP contribution in [0.5, 0.6) is 0 Å². The molecule has 2 aromatic rings. The van der Waals surface area contributed by atoms with Gasteiger partial charge in [0, 0.05) is 37.9 Å². The summed E-state index contributed by atoms with van der Waals surface area (Å²) in [6.45, 7) is 5.20. The Morgan fingerprint density at radius 3 is 2.79 bits per heavy atom. The molecule has 186 valence electrons. The fraction of sp³-hybridized carbons (Fsp3) is 0.500. The summed E-state index contributed by atoms with van der Waals surface area (Å²) in [5.74, 6) is 0.943. The Kier molecular flexibility index (Phi) is 9.23. The molecule has 34 heavy (non-hydrogen) atoms. The molecule has 1 aromatic carbocycles. The van der Waals surface area contributed by atoms with E-state index in [-0.39, 0.29) is 35.9 Å². The van der Waals surface area contributed by atoms with Gasteiger partial charge in [0.2, 0.25) is 21.9 Å². The van der Waals surface area contributed by atoms with E-state index in [1.807, 2.05) is 6.92 Å². The Labute approximate surface area is 208 Å². The number of aliphatic hydroxyl groups excluding tert-OH is 1. The zero-order valence-electron chi connectivity index (χ0n) is 19.3. The van der Waals surface area contributed by atoms with Gasteiger partial charge in [0.25, 0.3) is 0 Å². The molecule has 0 unspecified atom stereocenters. The van der Waals surface area contributed by atoms with Crippen LogP contribution >= 0.6 is 15.9 Å². The van der Waals surface area contributed by atoms with Crippen molar-refractivity contribution in [1.82, 2.24) is 19.6 Å². The lowest BCUT2D eigenvalue weighted by molar-refractivity contribution is -0.127. The van der Waals surface area contributed by atoms with Gasteiger partial charge >= 0.3 is 0 Å². The van der Waals surface area contributed by atoms with Gasteiger partial charge in [-0.2, -0.15) is 4.98 Å². The Bertz CT molecular complexity index is 1110. The maximum absolute atomic E-state index is 12.9. The minimum atomic E-state index is -3.73. The highest BCUT2D eigenvalue weighted by atomic mass is 79.9. The number of aromatic nitrogens is 2. The summed E-state index contributed by atoms with van der Waals surface area (Å²) >= 11 is 3.40. The SMILES string of the molecule is CC[C@H](CO)Nc1nc(Nc2ccc(C)c(S(=O)(=O)NCCCN3CCCC3=O)c2)ncc1Br. The van der Waals surface area contributed by atoms with Crippen LogP contribution in [0.3, 0.4) is 0 Å². The van der Waals surface area contributed by atoms with E-state index in [1.165, 1.54) is 0 Å². The van der Waals surface area contributed by atoms with E-state index in [0.717, 1.165) is 19.4 Å². The molecule has 1 atom stereocenters. The minimum absolute atomic E-state index is 0.0315. The topological polar surface area (TPSA) is 137 Å². The Morgan fingerprint density at radius 2 is 2.12 bits per heavy atom. The van der Waals surface area contributed by atoms with E-state index in [0.29, 0.717) is 40.9 Å². The molecular weight excluding hydrogens is 524 g/mol. The molecule has 0 spiro atoms. The number of carbonyl (C=O) groups excluding carboxylic acids is 1. The number of nitrogens with one attached hydrogen (secondary N) is 3. The van der Waals surface area contributed by atoms with Crippen molar-refractivity contribution in [2.24, 2.45) is 0 Å². The lowest BCUT2D eigenvalue weighted by atomic mass is 10.2. The van der Waals surface area contributed by atoms with Crippen molar-refractivity contribution in [3.8, 4) is 0 Å². The van der Waals surface area contributed by atoms with Gasteiger partial charge in [0.1, 0.15) is 5.82 Å². The van der Waals surface area contributed by atoms with E-state index in [9.17, 15) is 18.3 Å². The summed E-state index contributed by atoms with van der Waals surface area (Å²) in [4.78, 5) is 22.3. The summed E-state index contributed by atoms with van der Waals surface area (Å²) in [5.41, 5.74) is 1.14. The first-order chi connectivity index (χ1) is 16.2.